The molecule has 1 heterocycles. The smallest absolute Gasteiger partial charge is 0.387 e. The highest BCUT2D eigenvalue weighted by Crippen LogP contribution is 2.27. The number of carbonyl (C=O) groups excluding carboxylic acids is 1. The van der Waals surface area contributed by atoms with Gasteiger partial charge >= 0.3 is 12.6 Å². The van der Waals surface area contributed by atoms with E-state index in [2.05, 4.69) is 10.1 Å². The fourth-order valence-corrected chi connectivity index (χ4v) is 2.84. The summed E-state index contributed by atoms with van der Waals surface area (Å²) in [6.45, 7) is -1.76. The van der Waals surface area contributed by atoms with Crippen molar-refractivity contribution in [3.05, 3.63) is 52.2 Å². The maximum Gasteiger partial charge on any atom is 0.387 e. The molecule has 128 valence electrons. The molecule has 2 rings (SSSR count). The molecule has 2 aromatic rings. The number of hydrogen-bond acceptors (Lipinski definition) is 4. The van der Waals surface area contributed by atoms with Gasteiger partial charge in [-0.2, -0.15) is 8.78 Å². The van der Waals surface area contributed by atoms with E-state index in [4.69, 9.17) is 0 Å². The van der Waals surface area contributed by atoms with Crippen LogP contribution in [0.1, 0.15) is 22.2 Å². The Morgan fingerprint density at radius 2 is 1.96 bits per heavy atom. The van der Waals surface area contributed by atoms with Crippen molar-refractivity contribution in [3.63, 3.8) is 0 Å². The summed E-state index contributed by atoms with van der Waals surface area (Å²) < 4.78 is 28.9. The Bertz CT molecular complexity index is 720. The molecule has 0 fully saturated rings. The summed E-state index contributed by atoms with van der Waals surface area (Å²) in [7, 11) is 0. The maximum absolute atomic E-state index is 12.3. The molecule has 24 heavy (non-hydrogen) atoms. The van der Waals surface area contributed by atoms with Crippen LogP contribution >= 0.6 is 11.3 Å². The molecule has 0 aliphatic carbocycles. The number of carboxylic acid groups (broad SMARTS) is 1. The number of ether oxygens (including phenoxy) is 1. The number of hydrogen-bond donors (Lipinski definition) is 2. The van der Waals surface area contributed by atoms with E-state index in [9.17, 15) is 23.5 Å². The molecule has 0 aliphatic rings. The molecule has 0 radical (unpaired) electrons. The van der Waals surface area contributed by atoms with Gasteiger partial charge in [0.25, 0.3) is 5.91 Å². The summed E-state index contributed by atoms with van der Waals surface area (Å²) in [6, 6.07) is 9.72. The van der Waals surface area contributed by atoms with Gasteiger partial charge in [0.1, 0.15) is 16.0 Å². The lowest BCUT2D eigenvalue weighted by molar-refractivity contribution is -0.142. The third-order valence-corrected chi connectivity index (χ3v) is 4.43. The number of amides is 1. The summed E-state index contributed by atoms with van der Waals surface area (Å²) >= 11 is 0.937. The lowest BCUT2D eigenvalue weighted by Gasteiger charge is -2.25. The molecule has 1 atom stereocenters. The first-order chi connectivity index (χ1) is 11.3. The number of aliphatic carboxylic acids is 1. The first-order valence-electron chi connectivity index (χ1n) is 6.94. The molecule has 8 heteroatoms. The second-order valence-corrected chi connectivity index (χ2v) is 6.09. The van der Waals surface area contributed by atoms with Crippen LogP contribution < -0.4 is 10.1 Å². The Balaban J connectivity index is 2.15. The van der Waals surface area contributed by atoms with Crippen molar-refractivity contribution in [2.24, 2.45) is 0 Å². The second-order valence-electron chi connectivity index (χ2n) is 5.18. The summed E-state index contributed by atoms with van der Waals surface area (Å²) in [4.78, 5) is 23.8. The number of benzene rings is 1. The maximum atomic E-state index is 12.3. The van der Waals surface area contributed by atoms with E-state index >= 15 is 0 Å². The predicted octanol–water partition coefficient (Wildman–Crippen LogP) is 3.12. The molecule has 0 spiro atoms. The van der Waals surface area contributed by atoms with Gasteiger partial charge in [-0.15, -0.1) is 11.3 Å². The largest absolute Gasteiger partial charge is 0.481 e. The van der Waals surface area contributed by atoms with E-state index in [1.807, 2.05) is 0 Å². The highest BCUT2D eigenvalue weighted by molar-refractivity contribution is 7.12. The van der Waals surface area contributed by atoms with Crippen LogP contribution in [0.2, 0.25) is 0 Å². The van der Waals surface area contributed by atoms with Gasteiger partial charge in [0.15, 0.2) is 0 Å². The van der Waals surface area contributed by atoms with Crippen LogP contribution in [0.15, 0.2) is 41.8 Å². The minimum absolute atomic E-state index is 0.0314. The first kappa shape index (κ1) is 17.9. The normalized spacial score (nSPS) is 13.3. The molecule has 0 saturated carbocycles. The van der Waals surface area contributed by atoms with Crippen LogP contribution in [0, 0.1) is 0 Å². The third-order valence-electron chi connectivity index (χ3n) is 3.54. The van der Waals surface area contributed by atoms with E-state index in [1.165, 1.54) is 18.4 Å². The SMILES string of the molecule is CC(CNC(=O)c1sccc1OC(F)F)(C(=O)O)c1ccccc1. The summed E-state index contributed by atoms with van der Waals surface area (Å²) in [5, 5.41) is 13.5. The van der Waals surface area contributed by atoms with Crippen molar-refractivity contribution in [1.82, 2.24) is 5.32 Å². The monoisotopic (exact) mass is 355 g/mol. The zero-order chi connectivity index (χ0) is 17.7. The van der Waals surface area contributed by atoms with Gasteiger partial charge in [-0.1, -0.05) is 30.3 Å². The number of carbonyl (C=O) groups is 2. The summed E-state index contributed by atoms with van der Waals surface area (Å²) in [5.74, 6) is -2.00. The minimum atomic E-state index is -3.04. The molecular formula is C16H15F2NO4S. The van der Waals surface area contributed by atoms with Crippen molar-refractivity contribution < 1.29 is 28.2 Å². The average Bonchev–Trinajstić information content (AvgIpc) is 3.00. The fraction of sp³-hybridized carbons (Fsp3) is 0.250. The van der Waals surface area contributed by atoms with Crippen molar-refractivity contribution in [1.29, 1.82) is 0 Å². The quantitative estimate of drug-likeness (QED) is 0.800. The van der Waals surface area contributed by atoms with E-state index in [0.29, 0.717) is 5.56 Å². The molecule has 1 amide bonds. The van der Waals surface area contributed by atoms with Crippen molar-refractivity contribution in [2.45, 2.75) is 19.0 Å². The minimum Gasteiger partial charge on any atom is -0.481 e. The standard InChI is InChI=1S/C16H15F2NO4S/c1-16(14(21)22,10-5-3-2-4-6-10)9-19-13(20)12-11(7-8-24-12)23-15(17)18/h2-8,15H,9H2,1H3,(H,19,20)(H,21,22). The molecule has 0 saturated heterocycles. The molecule has 2 N–H and O–H groups in total. The van der Waals surface area contributed by atoms with Crippen molar-refractivity contribution in [2.75, 3.05) is 6.54 Å². The Hall–Kier alpha value is -2.48. The predicted molar refractivity (Wildman–Crippen MR) is 84.7 cm³/mol. The van der Waals surface area contributed by atoms with Crippen LogP contribution in [0.3, 0.4) is 0 Å². The molecule has 1 aromatic carbocycles. The molecule has 1 unspecified atom stereocenters. The topological polar surface area (TPSA) is 75.6 Å². The molecule has 0 bridgehead atoms. The number of thiophene rings is 1. The third kappa shape index (κ3) is 3.88. The number of rotatable bonds is 7. The summed E-state index contributed by atoms with van der Waals surface area (Å²) in [5.41, 5.74) is -0.828. The Morgan fingerprint density at radius 1 is 1.29 bits per heavy atom. The van der Waals surface area contributed by atoms with Gasteiger partial charge < -0.3 is 15.2 Å². The zero-order valence-corrected chi connectivity index (χ0v) is 13.5. The molecule has 0 aliphatic heterocycles. The summed E-state index contributed by atoms with van der Waals surface area (Å²) in [6.07, 6.45) is 0. The second kappa shape index (κ2) is 7.39. The van der Waals surface area contributed by atoms with Gasteiger partial charge in [-0.25, -0.2) is 0 Å². The van der Waals surface area contributed by atoms with Crippen LogP contribution in [-0.2, 0) is 10.2 Å². The van der Waals surface area contributed by atoms with Crippen LogP contribution in [0.4, 0.5) is 8.78 Å². The van der Waals surface area contributed by atoms with E-state index in [0.717, 1.165) is 11.3 Å². The highest BCUT2D eigenvalue weighted by Gasteiger charge is 2.36. The lowest BCUT2D eigenvalue weighted by atomic mass is 9.82. The Labute approximate surface area is 140 Å². The number of halogens is 2. The Kier molecular flexibility index (Phi) is 5.50. The molecular weight excluding hydrogens is 340 g/mol. The highest BCUT2D eigenvalue weighted by atomic mass is 32.1. The van der Waals surface area contributed by atoms with Crippen LogP contribution in [-0.4, -0.2) is 30.1 Å². The average molecular weight is 355 g/mol. The van der Waals surface area contributed by atoms with Crippen molar-refractivity contribution in [3.8, 4) is 5.75 Å². The number of carboxylic acids is 1. The van der Waals surface area contributed by atoms with E-state index in [-0.39, 0.29) is 17.2 Å². The molecule has 5 nitrogen and oxygen atoms in total. The van der Waals surface area contributed by atoms with Crippen LogP contribution in [0.25, 0.3) is 0 Å². The van der Waals surface area contributed by atoms with Crippen LogP contribution in [0.5, 0.6) is 5.75 Å². The number of alkyl halides is 2. The first-order valence-corrected chi connectivity index (χ1v) is 7.82. The van der Waals surface area contributed by atoms with Gasteiger partial charge in [0.05, 0.1) is 0 Å². The van der Waals surface area contributed by atoms with Gasteiger partial charge in [0, 0.05) is 6.54 Å². The lowest BCUT2D eigenvalue weighted by Crippen LogP contribution is -2.44. The van der Waals surface area contributed by atoms with Gasteiger partial charge in [0.2, 0.25) is 0 Å². The van der Waals surface area contributed by atoms with Gasteiger partial charge in [-0.05, 0) is 23.9 Å². The number of nitrogens with one attached hydrogen (secondary N) is 1. The fourth-order valence-electron chi connectivity index (χ4n) is 2.10. The molecule has 1 aromatic heterocycles. The zero-order valence-electron chi connectivity index (χ0n) is 12.7. The van der Waals surface area contributed by atoms with Gasteiger partial charge in [-0.3, -0.25) is 9.59 Å². The Morgan fingerprint density at radius 3 is 2.54 bits per heavy atom. The van der Waals surface area contributed by atoms with E-state index < -0.39 is 23.9 Å². The van der Waals surface area contributed by atoms with E-state index in [1.54, 1.807) is 30.3 Å². The van der Waals surface area contributed by atoms with Crippen molar-refractivity contribution >= 4 is 23.2 Å².